The molecule has 2 aromatic heterocycles. The molecule has 0 aliphatic heterocycles. The summed E-state index contributed by atoms with van der Waals surface area (Å²) in [4.78, 5) is 18.8. The standard InChI is InChI=1S/C13H13N5O/c1-18-7-9(6-15-18)8-2-3-10-11(4-8)16-12(5-14)17-13(10)19/h2-4,6-7H,5,14H2,1H3,(H,16,17,19). The number of fused-ring (bicyclic) bond motifs is 1. The van der Waals surface area contributed by atoms with Gasteiger partial charge in [-0.1, -0.05) is 6.07 Å². The van der Waals surface area contributed by atoms with E-state index in [0.29, 0.717) is 16.7 Å². The molecule has 0 atom stereocenters. The van der Waals surface area contributed by atoms with E-state index in [4.69, 9.17) is 5.73 Å². The quantitative estimate of drug-likeness (QED) is 0.708. The van der Waals surface area contributed by atoms with Crippen LogP contribution in [0.15, 0.2) is 35.4 Å². The van der Waals surface area contributed by atoms with Crippen molar-refractivity contribution in [3.05, 3.63) is 46.8 Å². The Morgan fingerprint density at radius 2 is 2.21 bits per heavy atom. The molecule has 6 heteroatoms. The number of hydrogen-bond acceptors (Lipinski definition) is 4. The molecule has 0 saturated heterocycles. The third-order valence-corrected chi connectivity index (χ3v) is 2.99. The van der Waals surface area contributed by atoms with E-state index in [9.17, 15) is 4.79 Å². The molecule has 0 saturated carbocycles. The van der Waals surface area contributed by atoms with Gasteiger partial charge < -0.3 is 10.7 Å². The van der Waals surface area contributed by atoms with Gasteiger partial charge in [-0.15, -0.1) is 0 Å². The Kier molecular flexibility index (Phi) is 2.64. The lowest BCUT2D eigenvalue weighted by Crippen LogP contribution is -2.14. The number of aryl methyl sites for hydroxylation is 1. The summed E-state index contributed by atoms with van der Waals surface area (Å²) in [5, 5.41) is 4.69. The minimum atomic E-state index is -0.164. The van der Waals surface area contributed by atoms with Crippen molar-refractivity contribution in [2.45, 2.75) is 6.54 Å². The summed E-state index contributed by atoms with van der Waals surface area (Å²) in [5.74, 6) is 0.487. The lowest BCUT2D eigenvalue weighted by molar-refractivity contribution is 0.768. The molecule has 2 heterocycles. The number of rotatable bonds is 2. The van der Waals surface area contributed by atoms with Crippen molar-refractivity contribution >= 4 is 10.9 Å². The first-order valence-electron chi connectivity index (χ1n) is 5.89. The second kappa shape index (κ2) is 4.33. The van der Waals surface area contributed by atoms with Crippen LogP contribution in [0.4, 0.5) is 0 Å². The topological polar surface area (TPSA) is 89.6 Å². The smallest absolute Gasteiger partial charge is 0.258 e. The number of nitrogens with two attached hydrogens (primary N) is 1. The van der Waals surface area contributed by atoms with E-state index >= 15 is 0 Å². The predicted octanol–water partition coefficient (Wildman–Crippen LogP) is 0.782. The van der Waals surface area contributed by atoms with Gasteiger partial charge in [-0.2, -0.15) is 5.10 Å². The van der Waals surface area contributed by atoms with Crippen molar-refractivity contribution in [3.8, 4) is 11.1 Å². The molecule has 0 bridgehead atoms. The van der Waals surface area contributed by atoms with Crippen LogP contribution < -0.4 is 11.3 Å². The SMILES string of the molecule is Cn1cc(-c2ccc3c(=O)[nH]c(CN)nc3c2)cn1. The van der Waals surface area contributed by atoms with Crippen LogP contribution >= 0.6 is 0 Å². The molecule has 1 aromatic carbocycles. The fourth-order valence-corrected chi connectivity index (χ4v) is 2.03. The minimum Gasteiger partial charge on any atom is -0.324 e. The first-order valence-corrected chi connectivity index (χ1v) is 5.89. The first kappa shape index (κ1) is 11.6. The molecule has 0 spiro atoms. The highest BCUT2D eigenvalue weighted by atomic mass is 16.1. The van der Waals surface area contributed by atoms with Gasteiger partial charge in [-0.3, -0.25) is 9.48 Å². The fourth-order valence-electron chi connectivity index (χ4n) is 2.03. The Morgan fingerprint density at radius 1 is 1.37 bits per heavy atom. The normalized spacial score (nSPS) is 11.1. The zero-order chi connectivity index (χ0) is 13.4. The van der Waals surface area contributed by atoms with Crippen LogP contribution in [-0.4, -0.2) is 19.7 Å². The molecule has 0 fully saturated rings. The van der Waals surface area contributed by atoms with Gasteiger partial charge in [0.25, 0.3) is 5.56 Å². The molecule has 0 aliphatic rings. The molecule has 3 rings (SSSR count). The predicted molar refractivity (Wildman–Crippen MR) is 72.5 cm³/mol. The maximum atomic E-state index is 11.8. The van der Waals surface area contributed by atoms with Gasteiger partial charge in [0, 0.05) is 18.8 Å². The third kappa shape index (κ3) is 2.02. The minimum absolute atomic E-state index is 0.164. The van der Waals surface area contributed by atoms with E-state index in [1.165, 1.54) is 0 Å². The zero-order valence-corrected chi connectivity index (χ0v) is 10.4. The van der Waals surface area contributed by atoms with Crippen LogP contribution in [-0.2, 0) is 13.6 Å². The highest BCUT2D eigenvalue weighted by Gasteiger charge is 2.06. The van der Waals surface area contributed by atoms with Gasteiger partial charge in [-0.25, -0.2) is 4.98 Å². The van der Waals surface area contributed by atoms with Gasteiger partial charge in [0.1, 0.15) is 5.82 Å². The number of H-pyrrole nitrogens is 1. The lowest BCUT2D eigenvalue weighted by atomic mass is 10.1. The second-order valence-electron chi connectivity index (χ2n) is 4.35. The molecule has 0 radical (unpaired) electrons. The maximum absolute atomic E-state index is 11.8. The third-order valence-electron chi connectivity index (χ3n) is 2.99. The molecule has 3 N–H and O–H groups in total. The Hall–Kier alpha value is -2.47. The fraction of sp³-hybridized carbons (Fsp3) is 0.154. The van der Waals surface area contributed by atoms with Gasteiger partial charge in [0.05, 0.1) is 23.6 Å². The van der Waals surface area contributed by atoms with Crippen molar-refractivity contribution in [2.75, 3.05) is 0 Å². The first-order chi connectivity index (χ1) is 9.17. The number of hydrogen-bond donors (Lipinski definition) is 2. The molecule has 96 valence electrons. The Labute approximate surface area is 108 Å². The van der Waals surface area contributed by atoms with Crippen LogP contribution in [0, 0.1) is 0 Å². The lowest BCUT2D eigenvalue weighted by Gasteiger charge is -2.02. The summed E-state index contributed by atoms with van der Waals surface area (Å²) in [6.07, 6.45) is 3.69. The molecule has 6 nitrogen and oxygen atoms in total. The Morgan fingerprint density at radius 3 is 2.89 bits per heavy atom. The van der Waals surface area contributed by atoms with Gasteiger partial charge >= 0.3 is 0 Å². The van der Waals surface area contributed by atoms with E-state index in [1.807, 2.05) is 25.4 Å². The summed E-state index contributed by atoms with van der Waals surface area (Å²) in [6, 6.07) is 5.53. The van der Waals surface area contributed by atoms with Gasteiger partial charge in [0.2, 0.25) is 0 Å². The molecule has 3 aromatic rings. The van der Waals surface area contributed by atoms with Crippen LogP contribution in [0.2, 0.25) is 0 Å². The molecule has 0 amide bonds. The van der Waals surface area contributed by atoms with Crippen molar-refractivity contribution in [1.29, 1.82) is 0 Å². The molecule has 19 heavy (non-hydrogen) atoms. The highest BCUT2D eigenvalue weighted by molar-refractivity contribution is 5.83. The van der Waals surface area contributed by atoms with Crippen molar-refractivity contribution < 1.29 is 0 Å². The highest BCUT2D eigenvalue weighted by Crippen LogP contribution is 2.21. The monoisotopic (exact) mass is 255 g/mol. The number of nitrogens with zero attached hydrogens (tertiary/aromatic N) is 3. The van der Waals surface area contributed by atoms with Crippen LogP contribution in [0.5, 0.6) is 0 Å². The molecular formula is C13H13N5O. The summed E-state index contributed by atoms with van der Waals surface area (Å²) >= 11 is 0. The van der Waals surface area contributed by atoms with Gasteiger partial charge in [-0.05, 0) is 17.7 Å². The Balaban J connectivity index is 2.22. The summed E-state index contributed by atoms with van der Waals surface area (Å²) in [5.41, 5.74) is 7.96. The van der Waals surface area contributed by atoms with E-state index in [0.717, 1.165) is 11.1 Å². The molecule has 0 aliphatic carbocycles. The summed E-state index contributed by atoms with van der Waals surface area (Å²) < 4.78 is 1.73. The van der Waals surface area contributed by atoms with Crippen molar-refractivity contribution in [1.82, 2.24) is 19.7 Å². The average molecular weight is 255 g/mol. The number of benzene rings is 1. The van der Waals surface area contributed by atoms with E-state index in [2.05, 4.69) is 15.1 Å². The van der Waals surface area contributed by atoms with E-state index in [-0.39, 0.29) is 12.1 Å². The van der Waals surface area contributed by atoms with Crippen LogP contribution in [0.1, 0.15) is 5.82 Å². The Bertz CT molecular complexity index is 802. The van der Waals surface area contributed by atoms with Crippen molar-refractivity contribution in [2.24, 2.45) is 12.8 Å². The van der Waals surface area contributed by atoms with Gasteiger partial charge in [0.15, 0.2) is 0 Å². The summed E-state index contributed by atoms with van der Waals surface area (Å²) in [7, 11) is 1.86. The zero-order valence-electron chi connectivity index (χ0n) is 10.4. The summed E-state index contributed by atoms with van der Waals surface area (Å²) in [6.45, 7) is 0.211. The van der Waals surface area contributed by atoms with E-state index in [1.54, 1.807) is 16.9 Å². The largest absolute Gasteiger partial charge is 0.324 e. The maximum Gasteiger partial charge on any atom is 0.258 e. The number of aromatic amines is 1. The average Bonchev–Trinajstić information content (AvgIpc) is 2.84. The van der Waals surface area contributed by atoms with Crippen LogP contribution in [0.25, 0.3) is 22.0 Å². The molecule has 0 unspecified atom stereocenters. The van der Waals surface area contributed by atoms with Crippen molar-refractivity contribution in [3.63, 3.8) is 0 Å². The number of aromatic nitrogens is 4. The second-order valence-corrected chi connectivity index (χ2v) is 4.35. The number of nitrogens with one attached hydrogen (secondary N) is 1. The molecular weight excluding hydrogens is 242 g/mol. The van der Waals surface area contributed by atoms with E-state index < -0.39 is 0 Å². The van der Waals surface area contributed by atoms with Crippen LogP contribution in [0.3, 0.4) is 0 Å².